The van der Waals surface area contributed by atoms with Gasteiger partial charge in [0, 0.05) is 6.07 Å². The molecule has 0 bridgehead atoms. The summed E-state index contributed by atoms with van der Waals surface area (Å²) in [5.74, 6) is -0.119. The first-order valence-corrected chi connectivity index (χ1v) is 4.76. The van der Waals surface area contributed by atoms with E-state index in [0.29, 0.717) is 12.0 Å². The van der Waals surface area contributed by atoms with Gasteiger partial charge in [-0.3, -0.25) is 10.1 Å². The quantitative estimate of drug-likeness (QED) is 0.577. The molecule has 0 radical (unpaired) electrons. The minimum atomic E-state index is -2.97. The van der Waals surface area contributed by atoms with E-state index in [1.807, 2.05) is 6.92 Å². The number of aryl methyl sites for hydroxylation is 1. The highest BCUT2D eigenvalue weighted by Gasteiger charge is 2.14. The molecule has 1 aromatic carbocycles. The predicted molar refractivity (Wildman–Crippen MR) is 53.7 cm³/mol. The van der Waals surface area contributed by atoms with Crippen molar-refractivity contribution in [3.8, 4) is 5.75 Å². The summed E-state index contributed by atoms with van der Waals surface area (Å²) in [7, 11) is 0. The number of benzene rings is 1. The first-order valence-electron chi connectivity index (χ1n) is 4.76. The second kappa shape index (κ2) is 5.39. The van der Waals surface area contributed by atoms with Gasteiger partial charge < -0.3 is 4.74 Å². The smallest absolute Gasteiger partial charge is 0.387 e. The molecular weight excluding hydrogens is 220 g/mol. The Labute approximate surface area is 91.0 Å². The van der Waals surface area contributed by atoms with Crippen molar-refractivity contribution in [2.24, 2.45) is 0 Å². The fourth-order valence-corrected chi connectivity index (χ4v) is 1.34. The van der Waals surface area contributed by atoms with E-state index in [2.05, 4.69) is 4.74 Å². The molecule has 16 heavy (non-hydrogen) atoms. The van der Waals surface area contributed by atoms with Crippen molar-refractivity contribution < 1.29 is 18.4 Å². The van der Waals surface area contributed by atoms with E-state index in [-0.39, 0.29) is 11.4 Å². The molecule has 0 unspecified atom stereocenters. The maximum Gasteiger partial charge on any atom is 0.387 e. The molecule has 0 N–H and O–H groups in total. The highest BCUT2D eigenvalue weighted by molar-refractivity contribution is 5.44. The Morgan fingerprint density at radius 1 is 1.50 bits per heavy atom. The third kappa shape index (κ3) is 3.15. The lowest BCUT2D eigenvalue weighted by Gasteiger charge is -2.09. The van der Waals surface area contributed by atoms with Crippen LogP contribution >= 0.6 is 0 Å². The fourth-order valence-electron chi connectivity index (χ4n) is 1.34. The average Bonchev–Trinajstić information content (AvgIpc) is 2.19. The Morgan fingerprint density at radius 3 is 2.69 bits per heavy atom. The van der Waals surface area contributed by atoms with Crippen molar-refractivity contribution >= 4 is 5.69 Å². The van der Waals surface area contributed by atoms with Crippen LogP contribution in [0.4, 0.5) is 14.5 Å². The standard InChI is InChI=1S/C10H11F2NO3/c1-2-3-7-4-5-8(13(14)15)6-9(7)16-10(11)12/h4-6,10H,2-3H2,1H3. The van der Waals surface area contributed by atoms with Gasteiger partial charge in [0.05, 0.1) is 11.0 Å². The SMILES string of the molecule is CCCc1ccc([N+](=O)[O-])cc1OC(F)F. The van der Waals surface area contributed by atoms with Gasteiger partial charge in [0.15, 0.2) is 0 Å². The largest absolute Gasteiger partial charge is 0.434 e. The lowest BCUT2D eigenvalue weighted by Crippen LogP contribution is -2.05. The first-order chi connectivity index (χ1) is 7.54. The van der Waals surface area contributed by atoms with Crippen LogP contribution in [0.5, 0.6) is 5.75 Å². The third-order valence-electron chi connectivity index (χ3n) is 2.00. The van der Waals surface area contributed by atoms with Gasteiger partial charge in [-0.15, -0.1) is 0 Å². The van der Waals surface area contributed by atoms with Crippen LogP contribution in [0.1, 0.15) is 18.9 Å². The van der Waals surface area contributed by atoms with Gasteiger partial charge in [-0.1, -0.05) is 13.3 Å². The number of hydrogen-bond donors (Lipinski definition) is 0. The molecule has 4 nitrogen and oxygen atoms in total. The second-order valence-corrected chi connectivity index (χ2v) is 3.18. The molecule has 0 fully saturated rings. The Hall–Kier alpha value is -1.72. The van der Waals surface area contributed by atoms with Gasteiger partial charge in [0.1, 0.15) is 5.75 Å². The van der Waals surface area contributed by atoms with Crippen molar-refractivity contribution in [3.63, 3.8) is 0 Å². The molecule has 0 saturated carbocycles. The van der Waals surface area contributed by atoms with Gasteiger partial charge in [0.2, 0.25) is 0 Å². The summed E-state index contributed by atoms with van der Waals surface area (Å²) in [6, 6.07) is 3.75. The van der Waals surface area contributed by atoms with Crippen LogP contribution in [-0.4, -0.2) is 11.5 Å². The maximum atomic E-state index is 12.1. The van der Waals surface area contributed by atoms with Crippen LogP contribution in [0.25, 0.3) is 0 Å². The first kappa shape index (κ1) is 12.4. The van der Waals surface area contributed by atoms with Crippen LogP contribution in [0, 0.1) is 10.1 Å². The number of alkyl halides is 2. The summed E-state index contributed by atoms with van der Waals surface area (Å²) in [5, 5.41) is 10.5. The highest BCUT2D eigenvalue weighted by atomic mass is 19.3. The Balaban J connectivity index is 3.05. The van der Waals surface area contributed by atoms with E-state index in [0.717, 1.165) is 12.5 Å². The second-order valence-electron chi connectivity index (χ2n) is 3.18. The highest BCUT2D eigenvalue weighted by Crippen LogP contribution is 2.27. The number of nitrogens with zero attached hydrogens (tertiary/aromatic N) is 1. The number of ether oxygens (including phenoxy) is 1. The van der Waals surface area contributed by atoms with Crippen LogP contribution in [0.15, 0.2) is 18.2 Å². The molecule has 0 amide bonds. The summed E-state index contributed by atoms with van der Waals surface area (Å²) in [5.41, 5.74) is 0.295. The van der Waals surface area contributed by atoms with Gasteiger partial charge in [-0.2, -0.15) is 8.78 Å². The molecule has 1 rings (SSSR count). The average molecular weight is 231 g/mol. The molecule has 0 heterocycles. The molecule has 0 aliphatic carbocycles. The summed E-state index contributed by atoms with van der Waals surface area (Å²) < 4.78 is 28.4. The molecule has 0 saturated heterocycles. The number of hydrogen-bond acceptors (Lipinski definition) is 3. The molecule has 0 atom stereocenters. The summed E-state index contributed by atoms with van der Waals surface area (Å²) >= 11 is 0. The van der Waals surface area contributed by atoms with Crippen molar-refractivity contribution in [3.05, 3.63) is 33.9 Å². The molecule has 1 aromatic rings. The van der Waals surface area contributed by atoms with E-state index < -0.39 is 11.5 Å². The summed E-state index contributed by atoms with van der Waals surface area (Å²) in [6.07, 6.45) is 1.29. The molecular formula is C10H11F2NO3. The Kier molecular flexibility index (Phi) is 4.16. The van der Waals surface area contributed by atoms with Gasteiger partial charge in [-0.05, 0) is 18.1 Å². The van der Waals surface area contributed by atoms with Gasteiger partial charge in [-0.25, -0.2) is 0 Å². The van der Waals surface area contributed by atoms with Gasteiger partial charge >= 0.3 is 6.61 Å². The zero-order valence-corrected chi connectivity index (χ0v) is 8.65. The molecule has 6 heteroatoms. The van der Waals surface area contributed by atoms with Crippen LogP contribution in [0.3, 0.4) is 0 Å². The molecule has 0 spiro atoms. The predicted octanol–water partition coefficient (Wildman–Crippen LogP) is 3.15. The molecule has 0 aliphatic rings. The van der Waals surface area contributed by atoms with Crippen LogP contribution in [0.2, 0.25) is 0 Å². The minimum absolute atomic E-state index is 0.119. The van der Waals surface area contributed by atoms with Gasteiger partial charge in [0.25, 0.3) is 5.69 Å². The normalized spacial score (nSPS) is 10.5. The lowest BCUT2D eigenvalue weighted by atomic mass is 10.1. The number of halogens is 2. The number of nitro groups is 1. The molecule has 88 valence electrons. The Morgan fingerprint density at radius 2 is 2.19 bits per heavy atom. The monoisotopic (exact) mass is 231 g/mol. The van der Waals surface area contributed by atoms with Crippen molar-refractivity contribution in [1.29, 1.82) is 0 Å². The lowest BCUT2D eigenvalue weighted by molar-refractivity contribution is -0.385. The number of non-ortho nitro benzene ring substituents is 1. The van der Waals surface area contributed by atoms with Crippen LogP contribution in [-0.2, 0) is 6.42 Å². The number of nitro benzene ring substituents is 1. The van der Waals surface area contributed by atoms with Crippen molar-refractivity contribution in [2.75, 3.05) is 0 Å². The van der Waals surface area contributed by atoms with Crippen LogP contribution < -0.4 is 4.74 Å². The van der Waals surface area contributed by atoms with E-state index >= 15 is 0 Å². The maximum absolute atomic E-state index is 12.1. The number of rotatable bonds is 5. The molecule has 0 aliphatic heterocycles. The summed E-state index contributed by atoms with van der Waals surface area (Å²) in [6.45, 7) is -1.09. The minimum Gasteiger partial charge on any atom is -0.434 e. The third-order valence-corrected chi connectivity index (χ3v) is 2.00. The zero-order valence-electron chi connectivity index (χ0n) is 8.65. The van der Waals surface area contributed by atoms with E-state index in [4.69, 9.17) is 0 Å². The molecule has 0 aromatic heterocycles. The van der Waals surface area contributed by atoms with E-state index in [1.54, 1.807) is 0 Å². The topological polar surface area (TPSA) is 52.4 Å². The van der Waals surface area contributed by atoms with E-state index in [1.165, 1.54) is 12.1 Å². The van der Waals surface area contributed by atoms with E-state index in [9.17, 15) is 18.9 Å². The van der Waals surface area contributed by atoms with Crippen molar-refractivity contribution in [2.45, 2.75) is 26.4 Å². The van der Waals surface area contributed by atoms with Crippen molar-refractivity contribution in [1.82, 2.24) is 0 Å². The fraction of sp³-hybridized carbons (Fsp3) is 0.400. The Bertz CT molecular complexity index is 382. The zero-order chi connectivity index (χ0) is 12.1. The summed E-state index contributed by atoms with van der Waals surface area (Å²) in [4.78, 5) is 9.83.